The van der Waals surface area contributed by atoms with Crippen molar-refractivity contribution in [2.24, 2.45) is 5.92 Å². The molecule has 1 aromatic heterocycles. The molecule has 2 aromatic rings. The molecule has 124 valence electrons. The summed E-state index contributed by atoms with van der Waals surface area (Å²) >= 11 is 0. The van der Waals surface area contributed by atoms with Crippen molar-refractivity contribution >= 4 is 15.9 Å². The molecule has 8 heteroatoms. The van der Waals surface area contributed by atoms with Crippen molar-refractivity contribution in [1.29, 1.82) is 0 Å². The number of rotatable bonds is 5. The second-order valence-electron chi connectivity index (χ2n) is 5.33. The maximum absolute atomic E-state index is 12.9. The van der Waals surface area contributed by atoms with Gasteiger partial charge in [0.1, 0.15) is 11.6 Å². The van der Waals surface area contributed by atoms with Gasteiger partial charge in [-0.2, -0.15) is 0 Å². The molecule has 0 saturated carbocycles. The molecule has 0 aliphatic carbocycles. The molecule has 0 aliphatic rings. The SMILES string of the molecule is Cc1noc(C)c1C[C@@H](C)C(=O)NS(=O)(=O)c1ccc(F)cc1. The molecule has 0 spiro atoms. The Morgan fingerprint density at radius 2 is 1.91 bits per heavy atom. The lowest BCUT2D eigenvalue weighted by Crippen LogP contribution is -2.35. The largest absolute Gasteiger partial charge is 0.361 e. The van der Waals surface area contributed by atoms with E-state index in [1.165, 1.54) is 0 Å². The van der Waals surface area contributed by atoms with E-state index in [1.54, 1.807) is 20.8 Å². The monoisotopic (exact) mass is 340 g/mol. The molecule has 0 saturated heterocycles. The molecule has 0 radical (unpaired) electrons. The summed E-state index contributed by atoms with van der Waals surface area (Å²) in [5, 5.41) is 3.80. The quantitative estimate of drug-likeness (QED) is 0.900. The standard InChI is InChI=1S/C15H17FN2O4S/c1-9(8-14-10(2)17-22-11(14)3)15(19)18-23(20,21)13-6-4-12(16)5-7-13/h4-7,9H,8H2,1-3H3,(H,18,19)/t9-/m1/s1. The summed E-state index contributed by atoms with van der Waals surface area (Å²) in [6.07, 6.45) is 0.311. The summed E-state index contributed by atoms with van der Waals surface area (Å²) < 4.78 is 44.1. The van der Waals surface area contributed by atoms with Gasteiger partial charge in [0, 0.05) is 11.5 Å². The van der Waals surface area contributed by atoms with Gasteiger partial charge in [0.25, 0.3) is 10.0 Å². The molecule has 1 amide bonds. The summed E-state index contributed by atoms with van der Waals surface area (Å²) in [5.41, 5.74) is 1.45. The van der Waals surface area contributed by atoms with Crippen LogP contribution in [0, 0.1) is 25.6 Å². The number of hydrogen-bond donors (Lipinski definition) is 1. The Morgan fingerprint density at radius 1 is 1.30 bits per heavy atom. The predicted octanol–water partition coefficient (Wildman–Crippen LogP) is 2.11. The van der Waals surface area contributed by atoms with Gasteiger partial charge in [0.05, 0.1) is 10.6 Å². The number of nitrogens with zero attached hydrogens (tertiary/aromatic N) is 1. The second kappa shape index (κ2) is 6.49. The molecule has 1 N–H and O–H groups in total. The molecule has 2 rings (SSSR count). The van der Waals surface area contributed by atoms with Crippen LogP contribution >= 0.6 is 0 Å². The second-order valence-corrected chi connectivity index (χ2v) is 7.01. The van der Waals surface area contributed by atoms with Crippen molar-refractivity contribution in [1.82, 2.24) is 9.88 Å². The number of nitrogens with one attached hydrogen (secondary N) is 1. The topological polar surface area (TPSA) is 89.3 Å². The van der Waals surface area contributed by atoms with Gasteiger partial charge < -0.3 is 4.52 Å². The van der Waals surface area contributed by atoms with Crippen molar-refractivity contribution in [3.8, 4) is 0 Å². The fraction of sp³-hybridized carbons (Fsp3) is 0.333. The van der Waals surface area contributed by atoms with E-state index in [4.69, 9.17) is 4.52 Å². The van der Waals surface area contributed by atoms with Crippen LogP contribution in [-0.2, 0) is 21.2 Å². The van der Waals surface area contributed by atoms with Crippen LogP contribution in [-0.4, -0.2) is 19.5 Å². The van der Waals surface area contributed by atoms with Crippen LogP contribution in [0.3, 0.4) is 0 Å². The third-order valence-electron chi connectivity index (χ3n) is 3.50. The number of benzene rings is 1. The normalized spacial score (nSPS) is 12.9. The summed E-state index contributed by atoms with van der Waals surface area (Å²) in [6.45, 7) is 5.10. The Kier molecular flexibility index (Phi) is 4.84. The van der Waals surface area contributed by atoms with E-state index in [0.717, 1.165) is 29.8 Å². The van der Waals surface area contributed by atoms with Crippen LogP contribution < -0.4 is 4.72 Å². The number of carbonyl (C=O) groups excluding carboxylic acids is 1. The first kappa shape index (κ1) is 17.1. The zero-order chi connectivity index (χ0) is 17.2. The van der Waals surface area contributed by atoms with E-state index in [1.807, 2.05) is 4.72 Å². The van der Waals surface area contributed by atoms with E-state index in [0.29, 0.717) is 17.9 Å². The van der Waals surface area contributed by atoms with Gasteiger partial charge in [0.15, 0.2) is 0 Å². The van der Waals surface area contributed by atoms with Crippen molar-refractivity contribution in [2.45, 2.75) is 32.1 Å². The number of halogens is 1. The number of hydrogen-bond acceptors (Lipinski definition) is 5. The average molecular weight is 340 g/mol. The van der Waals surface area contributed by atoms with Gasteiger partial charge in [-0.3, -0.25) is 4.79 Å². The van der Waals surface area contributed by atoms with E-state index in [9.17, 15) is 17.6 Å². The van der Waals surface area contributed by atoms with E-state index < -0.39 is 27.7 Å². The van der Waals surface area contributed by atoms with Crippen molar-refractivity contribution in [2.75, 3.05) is 0 Å². The van der Waals surface area contributed by atoms with E-state index >= 15 is 0 Å². The lowest BCUT2D eigenvalue weighted by Gasteiger charge is -2.12. The average Bonchev–Trinajstić information content (AvgIpc) is 2.79. The Hall–Kier alpha value is -2.22. The maximum Gasteiger partial charge on any atom is 0.264 e. The lowest BCUT2D eigenvalue weighted by atomic mass is 9.99. The van der Waals surface area contributed by atoms with Crippen LogP contribution in [0.15, 0.2) is 33.7 Å². The van der Waals surface area contributed by atoms with Crippen LogP contribution in [0.1, 0.15) is 23.9 Å². The first-order valence-electron chi connectivity index (χ1n) is 6.94. The highest BCUT2D eigenvalue weighted by molar-refractivity contribution is 7.90. The van der Waals surface area contributed by atoms with Crippen LogP contribution in [0.25, 0.3) is 0 Å². The summed E-state index contributed by atoms with van der Waals surface area (Å²) in [6, 6.07) is 4.24. The van der Waals surface area contributed by atoms with Gasteiger partial charge in [-0.05, 0) is 44.5 Å². The molecule has 0 unspecified atom stereocenters. The third-order valence-corrected chi connectivity index (χ3v) is 4.86. The van der Waals surface area contributed by atoms with Crippen LogP contribution in [0.2, 0.25) is 0 Å². The fourth-order valence-corrected chi connectivity index (χ4v) is 3.18. The van der Waals surface area contributed by atoms with Gasteiger partial charge in [-0.25, -0.2) is 17.5 Å². The Bertz CT molecular complexity index is 793. The summed E-state index contributed by atoms with van der Waals surface area (Å²) in [7, 11) is -4.03. The van der Waals surface area contributed by atoms with E-state index in [-0.39, 0.29) is 4.90 Å². The molecule has 0 aliphatic heterocycles. The molecule has 1 heterocycles. The minimum Gasteiger partial charge on any atom is -0.361 e. The highest BCUT2D eigenvalue weighted by Gasteiger charge is 2.23. The smallest absolute Gasteiger partial charge is 0.264 e. The number of aromatic nitrogens is 1. The minimum atomic E-state index is -4.03. The fourth-order valence-electron chi connectivity index (χ4n) is 2.10. The highest BCUT2D eigenvalue weighted by Crippen LogP contribution is 2.18. The first-order chi connectivity index (χ1) is 10.7. The number of aryl methyl sites for hydroxylation is 2. The predicted molar refractivity (Wildman–Crippen MR) is 80.6 cm³/mol. The molecule has 0 fully saturated rings. The van der Waals surface area contributed by atoms with Crippen molar-refractivity contribution in [3.05, 3.63) is 47.1 Å². The molecular formula is C15H17FN2O4S. The number of amides is 1. The Labute approximate surface area is 133 Å². The Balaban J connectivity index is 2.10. The molecule has 6 nitrogen and oxygen atoms in total. The zero-order valence-corrected chi connectivity index (χ0v) is 13.8. The minimum absolute atomic E-state index is 0.170. The van der Waals surface area contributed by atoms with Crippen LogP contribution in [0.5, 0.6) is 0 Å². The van der Waals surface area contributed by atoms with E-state index in [2.05, 4.69) is 5.16 Å². The molecule has 0 bridgehead atoms. The number of sulfonamides is 1. The van der Waals surface area contributed by atoms with Crippen molar-refractivity contribution < 1.29 is 22.1 Å². The molecule has 1 atom stereocenters. The molecule has 23 heavy (non-hydrogen) atoms. The zero-order valence-electron chi connectivity index (χ0n) is 13.0. The Morgan fingerprint density at radius 3 is 2.43 bits per heavy atom. The maximum atomic E-state index is 12.9. The first-order valence-corrected chi connectivity index (χ1v) is 8.43. The van der Waals surface area contributed by atoms with Gasteiger partial charge in [-0.15, -0.1) is 0 Å². The lowest BCUT2D eigenvalue weighted by molar-refractivity contribution is -0.122. The highest BCUT2D eigenvalue weighted by atomic mass is 32.2. The molecular weight excluding hydrogens is 323 g/mol. The summed E-state index contributed by atoms with van der Waals surface area (Å²) in [5.74, 6) is -1.19. The number of carbonyl (C=O) groups is 1. The van der Waals surface area contributed by atoms with Crippen molar-refractivity contribution in [3.63, 3.8) is 0 Å². The van der Waals surface area contributed by atoms with Gasteiger partial charge in [0.2, 0.25) is 5.91 Å². The van der Waals surface area contributed by atoms with Gasteiger partial charge >= 0.3 is 0 Å². The van der Waals surface area contributed by atoms with Gasteiger partial charge in [-0.1, -0.05) is 12.1 Å². The van der Waals surface area contributed by atoms with Crippen LogP contribution in [0.4, 0.5) is 4.39 Å². The third kappa shape index (κ3) is 3.95. The summed E-state index contributed by atoms with van der Waals surface area (Å²) in [4.78, 5) is 12.0. The molecule has 1 aromatic carbocycles.